The molecule has 1 aromatic heterocycles. The Bertz CT molecular complexity index is 1060. The number of nitrogens with one attached hydrogen (secondary N) is 2. The van der Waals surface area contributed by atoms with Gasteiger partial charge in [0, 0.05) is 12.1 Å². The Morgan fingerprint density at radius 1 is 1.06 bits per heavy atom. The summed E-state index contributed by atoms with van der Waals surface area (Å²) in [5.41, 5.74) is 3.01. The zero-order valence-electron chi connectivity index (χ0n) is 19.1. The first-order valence-corrected chi connectivity index (χ1v) is 10.9. The van der Waals surface area contributed by atoms with Gasteiger partial charge in [-0.2, -0.15) is 0 Å². The van der Waals surface area contributed by atoms with E-state index in [9.17, 15) is 4.79 Å². The number of nitrogens with zero attached hydrogens (tertiary/aromatic N) is 1. The Morgan fingerprint density at radius 2 is 1.74 bits per heavy atom. The van der Waals surface area contributed by atoms with Crippen LogP contribution in [0.25, 0.3) is 10.9 Å². The molecule has 3 aromatic rings. The van der Waals surface area contributed by atoms with E-state index in [0.717, 1.165) is 6.42 Å². The molecule has 2 aromatic carbocycles. The summed E-state index contributed by atoms with van der Waals surface area (Å²) >= 11 is 0. The van der Waals surface area contributed by atoms with Crippen molar-refractivity contribution in [1.29, 1.82) is 0 Å². The Morgan fingerprint density at radius 3 is 2.35 bits per heavy atom. The summed E-state index contributed by atoms with van der Waals surface area (Å²) < 4.78 is 10.6. The van der Waals surface area contributed by atoms with Crippen molar-refractivity contribution in [2.75, 3.05) is 14.2 Å². The molecular formula is C25H33N3O3. The molecule has 0 fully saturated rings. The minimum absolute atomic E-state index is 0.159. The van der Waals surface area contributed by atoms with Crippen molar-refractivity contribution in [2.24, 2.45) is 5.92 Å². The van der Waals surface area contributed by atoms with Crippen LogP contribution >= 0.6 is 0 Å². The van der Waals surface area contributed by atoms with E-state index in [4.69, 9.17) is 9.47 Å². The Balaban J connectivity index is 1.81. The molecule has 1 heterocycles. The van der Waals surface area contributed by atoms with Crippen molar-refractivity contribution in [2.45, 2.75) is 52.6 Å². The molecule has 0 aliphatic carbocycles. The van der Waals surface area contributed by atoms with Gasteiger partial charge in [-0.15, -0.1) is 0 Å². The van der Waals surface area contributed by atoms with Gasteiger partial charge in [-0.1, -0.05) is 51.5 Å². The largest absolute Gasteiger partial charge is 0.493 e. The highest BCUT2D eigenvalue weighted by atomic mass is 16.5. The van der Waals surface area contributed by atoms with E-state index in [-0.39, 0.29) is 11.6 Å². The van der Waals surface area contributed by atoms with Gasteiger partial charge in [0.25, 0.3) is 5.56 Å². The van der Waals surface area contributed by atoms with Crippen molar-refractivity contribution in [1.82, 2.24) is 15.3 Å². The maximum atomic E-state index is 12.6. The zero-order chi connectivity index (χ0) is 22.4. The van der Waals surface area contributed by atoms with Crippen LogP contribution in [0, 0.1) is 5.92 Å². The van der Waals surface area contributed by atoms with E-state index in [1.54, 1.807) is 26.4 Å². The first kappa shape index (κ1) is 22.8. The van der Waals surface area contributed by atoms with E-state index < -0.39 is 0 Å². The van der Waals surface area contributed by atoms with Gasteiger partial charge in [0.15, 0.2) is 11.5 Å². The molecule has 0 saturated heterocycles. The zero-order valence-corrected chi connectivity index (χ0v) is 19.1. The molecule has 0 bridgehead atoms. The molecule has 0 spiro atoms. The molecule has 0 unspecified atom stereocenters. The molecule has 6 nitrogen and oxygen atoms in total. The van der Waals surface area contributed by atoms with Crippen LogP contribution in [0.4, 0.5) is 0 Å². The van der Waals surface area contributed by atoms with Crippen LogP contribution in [0.15, 0.2) is 41.2 Å². The summed E-state index contributed by atoms with van der Waals surface area (Å²) in [4.78, 5) is 20.2. The number of methoxy groups -OCH3 is 2. The Kier molecular flexibility index (Phi) is 7.69. The SMILES string of the molecule is CCCCc1ccc([C@@H](NCc2nc3cc(OC)c(OC)cc3c(=O)[nH]2)C(C)C)cc1. The standard InChI is InChI=1S/C25H33N3O3/c1-6-7-8-17-9-11-18(12-10-17)24(16(2)3)26-15-23-27-20-14-22(31-5)21(30-4)13-19(20)25(29)28-23/h9-14,16,24,26H,6-8,15H2,1-5H3,(H,27,28,29)/t24-/m0/s1. The van der Waals surface area contributed by atoms with Crippen LogP contribution in [0.2, 0.25) is 0 Å². The van der Waals surface area contributed by atoms with Crippen molar-refractivity contribution in [3.63, 3.8) is 0 Å². The number of fused-ring (bicyclic) bond motifs is 1. The van der Waals surface area contributed by atoms with Crippen molar-refractivity contribution >= 4 is 10.9 Å². The lowest BCUT2D eigenvalue weighted by Crippen LogP contribution is -2.27. The number of aryl methyl sites for hydroxylation is 1. The second-order valence-corrected chi connectivity index (χ2v) is 8.18. The quantitative estimate of drug-likeness (QED) is 0.491. The molecule has 0 aliphatic rings. The lowest BCUT2D eigenvalue weighted by molar-refractivity contribution is 0.355. The van der Waals surface area contributed by atoms with Gasteiger partial charge in [0.05, 0.1) is 31.7 Å². The molecule has 6 heteroatoms. The summed E-state index contributed by atoms with van der Waals surface area (Å²) in [5.74, 6) is 2.04. The van der Waals surface area contributed by atoms with E-state index in [1.165, 1.54) is 24.0 Å². The first-order chi connectivity index (χ1) is 15.0. The summed E-state index contributed by atoms with van der Waals surface area (Å²) in [6.45, 7) is 7.05. The molecule has 0 aliphatic heterocycles. The summed E-state index contributed by atoms with van der Waals surface area (Å²) in [6.07, 6.45) is 3.53. The molecule has 0 amide bonds. The van der Waals surface area contributed by atoms with Crippen LogP contribution in [0.1, 0.15) is 56.6 Å². The number of rotatable bonds is 10. The minimum atomic E-state index is -0.191. The van der Waals surface area contributed by atoms with Gasteiger partial charge >= 0.3 is 0 Å². The topological polar surface area (TPSA) is 76.2 Å². The average Bonchev–Trinajstić information content (AvgIpc) is 2.77. The van der Waals surface area contributed by atoms with Gasteiger partial charge in [0.2, 0.25) is 0 Å². The highest BCUT2D eigenvalue weighted by molar-refractivity contribution is 5.81. The van der Waals surface area contributed by atoms with Gasteiger partial charge in [-0.3, -0.25) is 4.79 Å². The van der Waals surface area contributed by atoms with Crippen LogP contribution in [0.5, 0.6) is 11.5 Å². The highest BCUT2D eigenvalue weighted by Gasteiger charge is 2.17. The summed E-state index contributed by atoms with van der Waals surface area (Å²) in [5, 5.41) is 4.05. The lowest BCUT2D eigenvalue weighted by Gasteiger charge is -2.23. The molecular weight excluding hydrogens is 390 g/mol. The number of hydrogen-bond acceptors (Lipinski definition) is 5. The van der Waals surface area contributed by atoms with Crippen LogP contribution in [0.3, 0.4) is 0 Å². The van der Waals surface area contributed by atoms with Crippen LogP contribution < -0.4 is 20.3 Å². The Labute approximate surface area is 184 Å². The normalized spacial score (nSPS) is 12.3. The van der Waals surface area contributed by atoms with Gasteiger partial charge in [-0.25, -0.2) is 4.98 Å². The molecule has 31 heavy (non-hydrogen) atoms. The second kappa shape index (κ2) is 10.4. The van der Waals surface area contributed by atoms with E-state index in [1.807, 2.05) is 0 Å². The third kappa shape index (κ3) is 5.44. The van der Waals surface area contributed by atoms with Crippen LogP contribution in [-0.2, 0) is 13.0 Å². The number of ether oxygens (including phenoxy) is 2. The predicted molar refractivity (Wildman–Crippen MR) is 125 cm³/mol. The average molecular weight is 424 g/mol. The van der Waals surface area contributed by atoms with Gasteiger partial charge in [0.1, 0.15) is 5.82 Å². The lowest BCUT2D eigenvalue weighted by atomic mass is 9.94. The number of aromatic nitrogens is 2. The molecule has 0 radical (unpaired) electrons. The summed E-state index contributed by atoms with van der Waals surface area (Å²) in [7, 11) is 3.12. The maximum absolute atomic E-state index is 12.6. The molecule has 166 valence electrons. The first-order valence-electron chi connectivity index (χ1n) is 10.9. The second-order valence-electron chi connectivity index (χ2n) is 8.18. The van der Waals surface area contributed by atoms with Gasteiger partial charge < -0.3 is 19.8 Å². The summed E-state index contributed by atoms with van der Waals surface area (Å²) in [6, 6.07) is 12.4. The van der Waals surface area contributed by atoms with E-state index in [0.29, 0.717) is 40.7 Å². The maximum Gasteiger partial charge on any atom is 0.258 e. The fraction of sp³-hybridized carbons (Fsp3) is 0.440. The fourth-order valence-electron chi connectivity index (χ4n) is 3.82. The monoisotopic (exact) mass is 423 g/mol. The molecule has 3 rings (SSSR count). The predicted octanol–water partition coefficient (Wildman–Crippen LogP) is 4.77. The van der Waals surface area contributed by atoms with Gasteiger partial charge in [-0.05, 0) is 36.0 Å². The smallest absolute Gasteiger partial charge is 0.258 e. The molecule has 0 saturated carbocycles. The minimum Gasteiger partial charge on any atom is -0.493 e. The third-order valence-electron chi connectivity index (χ3n) is 5.57. The number of benzene rings is 2. The third-order valence-corrected chi connectivity index (χ3v) is 5.57. The number of aromatic amines is 1. The number of unbranched alkanes of at least 4 members (excludes halogenated alkanes) is 1. The Hall–Kier alpha value is -2.86. The van der Waals surface area contributed by atoms with Crippen molar-refractivity contribution in [3.05, 3.63) is 63.7 Å². The van der Waals surface area contributed by atoms with Crippen LogP contribution in [-0.4, -0.2) is 24.2 Å². The number of hydrogen-bond donors (Lipinski definition) is 2. The van der Waals surface area contributed by atoms with E-state index in [2.05, 4.69) is 60.3 Å². The number of H-pyrrole nitrogens is 1. The fourth-order valence-corrected chi connectivity index (χ4v) is 3.82. The molecule has 1 atom stereocenters. The van der Waals surface area contributed by atoms with Crippen molar-refractivity contribution < 1.29 is 9.47 Å². The van der Waals surface area contributed by atoms with E-state index >= 15 is 0 Å². The highest BCUT2D eigenvalue weighted by Crippen LogP contribution is 2.30. The molecule has 2 N–H and O–H groups in total. The van der Waals surface area contributed by atoms with Crippen molar-refractivity contribution in [3.8, 4) is 11.5 Å².